The average Bonchev–Trinajstić information content (AvgIpc) is 2.69. The van der Waals surface area contributed by atoms with Gasteiger partial charge in [-0.15, -0.1) is 5.10 Å². The summed E-state index contributed by atoms with van der Waals surface area (Å²) in [5.41, 5.74) is 1.34. The molecule has 10 atom stereocenters. The van der Waals surface area contributed by atoms with Crippen molar-refractivity contribution < 1.29 is 4.74 Å². The molecule has 0 aromatic carbocycles. The highest BCUT2D eigenvalue weighted by atomic mass is 16.5. The number of nitrogens with zero attached hydrogens (tertiary/aromatic N) is 3. The molecule has 5 aliphatic carbocycles. The van der Waals surface area contributed by atoms with Gasteiger partial charge >= 0.3 is 0 Å². The minimum absolute atomic E-state index is 0.339. The normalized spacial score (nSPS) is 69.5. The fourth-order valence-electron chi connectivity index (χ4n) is 7.93. The van der Waals surface area contributed by atoms with Crippen LogP contribution in [0, 0.1) is 53.3 Å². The predicted molar refractivity (Wildman–Crippen MR) is 59.9 cm³/mol. The number of hydrogen-bond acceptors (Lipinski definition) is 3. The molecular formula is C14H15N3O. The van der Waals surface area contributed by atoms with Crippen LogP contribution in [-0.4, -0.2) is 20.6 Å². The van der Waals surface area contributed by atoms with Crippen LogP contribution in [0.4, 0.5) is 0 Å². The van der Waals surface area contributed by atoms with E-state index in [1.807, 2.05) is 13.2 Å². The zero-order valence-corrected chi connectivity index (χ0v) is 10.2. The molecule has 5 fully saturated rings. The number of aromatic nitrogens is 3. The molecule has 18 heavy (non-hydrogen) atoms. The van der Waals surface area contributed by atoms with Gasteiger partial charge in [0.1, 0.15) is 5.69 Å². The molecule has 1 aromatic heterocycles. The highest BCUT2D eigenvalue weighted by Crippen LogP contribution is 3.02. The Morgan fingerprint density at radius 1 is 1.11 bits per heavy atom. The van der Waals surface area contributed by atoms with Gasteiger partial charge in [0.25, 0.3) is 0 Å². The topological polar surface area (TPSA) is 39.9 Å². The maximum Gasteiger partial charge on any atom is 0.108 e. The third-order valence-corrected chi connectivity index (χ3v) is 7.84. The Bertz CT molecular complexity index is 565. The molecule has 0 bridgehead atoms. The highest BCUT2D eigenvalue weighted by molar-refractivity contribution is 5.51. The van der Waals surface area contributed by atoms with Gasteiger partial charge in [-0.1, -0.05) is 5.21 Å². The van der Waals surface area contributed by atoms with Crippen molar-refractivity contribution in [1.82, 2.24) is 15.0 Å². The maximum absolute atomic E-state index is 6.45. The fourth-order valence-corrected chi connectivity index (χ4v) is 7.93. The molecule has 6 rings (SSSR count). The molecule has 1 aromatic rings. The summed E-state index contributed by atoms with van der Waals surface area (Å²) in [5.74, 6) is 9.63. The van der Waals surface area contributed by atoms with E-state index in [9.17, 15) is 0 Å². The summed E-state index contributed by atoms with van der Waals surface area (Å²) < 4.78 is 8.22. The van der Waals surface area contributed by atoms with Crippen molar-refractivity contribution in [3.05, 3.63) is 11.9 Å². The van der Waals surface area contributed by atoms with E-state index in [-0.39, 0.29) is 0 Å². The second-order valence-corrected chi connectivity index (χ2v) is 7.57. The molecule has 1 heterocycles. The van der Waals surface area contributed by atoms with Crippen LogP contribution >= 0.6 is 0 Å². The Morgan fingerprint density at radius 3 is 2.39 bits per heavy atom. The van der Waals surface area contributed by atoms with Crippen molar-refractivity contribution in [1.29, 1.82) is 0 Å². The zero-order chi connectivity index (χ0) is 11.4. The standard InChI is InChI=1S/C14H15N3O/c1-17-2-4(15-16-17)3-18-14-11-7-5-6-8(7)12(14)10(6)13(14)9(5)11/h2,5-13H,3H2,1H3/t5?,6?,7?,8?,9?,10?,11-,12?,13?,14?/m1/s1. The summed E-state index contributed by atoms with van der Waals surface area (Å²) >= 11 is 0. The molecule has 4 nitrogen and oxygen atoms in total. The van der Waals surface area contributed by atoms with Gasteiger partial charge in [-0.3, -0.25) is 4.68 Å². The summed E-state index contributed by atoms with van der Waals surface area (Å²) in [7, 11) is 1.92. The lowest BCUT2D eigenvalue weighted by Crippen LogP contribution is -2.77. The minimum atomic E-state index is 0.339. The smallest absolute Gasteiger partial charge is 0.108 e. The van der Waals surface area contributed by atoms with E-state index >= 15 is 0 Å². The first-order chi connectivity index (χ1) is 8.84. The molecule has 5 aliphatic rings. The maximum atomic E-state index is 6.45. The van der Waals surface area contributed by atoms with Crippen molar-refractivity contribution in [3.63, 3.8) is 0 Å². The number of fused-ring (bicyclic) bond motifs is 15. The second kappa shape index (κ2) is 1.98. The number of hydrogen-bond donors (Lipinski definition) is 0. The van der Waals surface area contributed by atoms with Gasteiger partial charge in [0.05, 0.1) is 18.4 Å². The van der Waals surface area contributed by atoms with Crippen LogP contribution in [0.25, 0.3) is 0 Å². The van der Waals surface area contributed by atoms with Crippen LogP contribution in [0.15, 0.2) is 6.20 Å². The second-order valence-electron chi connectivity index (χ2n) is 7.57. The van der Waals surface area contributed by atoms with Crippen LogP contribution in [0.3, 0.4) is 0 Å². The molecule has 0 spiro atoms. The molecule has 5 saturated carbocycles. The molecule has 0 aliphatic heterocycles. The Balaban J connectivity index is 1.24. The SMILES string of the molecule is Cn1cc(COC23C4C5C6C7C5[C@@H]2C7C3C64)nn1. The zero-order valence-electron chi connectivity index (χ0n) is 10.2. The van der Waals surface area contributed by atoms with Gasteiger partial charge in [-0.2, -0.15) is 0 Å². The molecule has 0 N–H and O–H groups in total. The Labute approximate surface area is 105 Å². The van der Waals surface area contributed by atoms with Gasteiger partial charge in [0.2, 0.25) is 0 Å². The largest absolute Gasteiger partial charge is 0.368 e. The van der Waals surface area contributed by atoms with E-state index in [1.54, 1.807) is 4.68 Å². The molecular weight excluding hydrogens is 226 g/mol. The van der Waals surface area contributed by atoms with E-state index in [4.69, 9.17) is 4.74 Å². The van der Waals surface area contributed by atoms with Gasteiger partial charge in [-0.25, -0.2) is 0 Å². The van der Waals surface area contributed by atoms with Gasteiger partial charge in [0, 0.05) is 7.05 Å². The third-order valence-electron chi connectivity index (χ3n) is 7.84. The molecule has 92 valence electrons. The number of rotatable bonds is 3. The van der Waals surface area contributed by atoms with Crippen LogP contribution in [0.1, 0.15) is 5.69 Å². The predicted octanol–water partition coefficient (Wildman–Crippen LogP) is 0.698. The fraction of sp³-hybridized carbons (Fsp3) is 0.857. The first-order valence-electron chi connectivity index (χ1n) is 7.33. The Kier molecular flexibility index (Phi) is 0.912. The first-order valence-corrected chi connectivity index (χ1v) is 7.33. The van der Waals surface area contributed by atoms with Gasteiger partial charge < -0.3 is 4.74 Å². The molecule has 0 saturated heterocycles. The molecule has 0 amide bonds. The Hall–Kier alpha value is -0.900. The van der Waals surface area contributed by atoms with Crippen LogP contribution in [0.5, 0.6) is 0 Å². The summed E-state index contributed by atoms with van der Waals surface area (Å²) in [5, 5.41) is 8.14. The van der Waals surface area contributed by atoms with Gasteiger partial charge in [-0.05, 0) is 53.3 Å². The van der Waals surface area contributed by atoms with E-state index in [1.165, 1.54) is 11.8 Å². The molecule has 0 radical (unpaired) electrons. The van der Waals surface area contributed by atoms with Crippen LogP contribution in [0.2, 0.25) is 0 Å². The van der Waals surface area contributed by atoms with Crippen molar-refractivity contribution >= 4 is 0 Å². The summed E-state index contributed by atoms with van der Waals surface area (Å²) in [6.45, 7) is 0.686. The van der Waals surface area contributed by atoms with E-state index < -0.39 is 0 Å². The summed E-state index contributed by atoms with van der Waals surface area (Å²) in [6, 6.07) is 0. The minimum Gasteiger partial charge on any atom is -0.368 e. The lowest BCUT2D eigenvalue weighted by molar-refractivity contribution is -0.345. The van der Waals surface area contributed by atoms with Crippen LogP contribution in [-0.2, 0) is 18.4 Å². The lowest BCUT2D eigenvalue weighted by atomic mass is 9.36. The van der Waals surface area contributed by atoms with E-state index in [0.717, 1.165) is 47.1 Å². The van der Waals surface area contributed by atoms with E-state index in [0.29, 0.717) is 12.2 Å². The van der Waals surface area contributed by atoms with E-state index in [2.05, 4.69) is 10.3 Å². The van der Waals surface area contributed by atoms with Crippen LogP contribution < -0.4 is 0 Å². The number of aryl methyl sites for hydroxylation is 1. The third kappa shape index (κ3) is 0.468. The first kappa shape index (κ1) is 8.31. The number of ether oxygens (including phenoxy) is 1. The van der Waals surface area contributed by atoms with Crippen molar-refractivity contribution in [2.45, 2.75) is 12.2 Å². The lowest BCUT2D eigenvalue weighted by Gasteiger charge is -2.73. The average molecular weight is 241 g/mol. The van der Waals surface area contributed by atoms with Gasteiger partial charge in [0.15, 0.2) is 0 Å². The highest BCUT2D eigenvalue weighted by Gasteiger charge is 3.04. The van der Waals surface area contributed by atoms with Crippen molar-refractivity contribution in [3.8, 4) is 0 Å². The molecule has 9 unspecified atom stereocenters. The Morgan fingerprint density at radius 2 is 1.78 bits per heavy atom. The van der Waals surface area contributed by atoms with Crippen molar-refractivity contribution in [2.24, 2.45) is 60.3 Å². The summed E-state index contributed by atoms with van der Waals surface area (Å²) in [4.78, 5) is 0. The summed E-state index contributed by atoms with van der Waals surface area (Å²) in [6.07, 6.45) is 1.98. The molecule has 4 heteroatoms. The van der Waals surface area contributed by atoms with Crippen molar-refractivity contribution in [2.75, 3.05) is 0 Å². The quantitative estimate of drug-likeness (QED) is 0.731. The monoisotopic (exact) mass is 241 g/mol.